The molecule has 0 aliphatic heterocycles. The molecule has 0 fully saturated rings. The summed E-state index contributed by atoms with van der Waals surface area (Å²) in [4.78, 5) is 17.5. The van der Waals surface area contributed by atoms with Crippen molar-refractivity contribution in [1.29, 1.82) is 0 Å². The van der Waals surface area contributed by atoms with Crippen LogP contribution in [0, 0.1) is 0 Å². The van der Waals surface area contributed by atoms with E-state index in [0.717, 1.165) is 5.56 Å². The number of hydrogen-bond acceptors (Lipinski definition) is 5. The largest absolute Gasteiger partial charge is 0.508 e. The van der Waals surface area contributed by atoms with Gasteiger partial charge in [0.2, 0.25) is 5.88 Å². The first-order valence-electron chi connectivity index (χ1n) is 5.83. The number of aromatic amines is 1. The molecule has 0 spiro atoms. The molecule has 1 aromatic heterocycles. The first-order chi connectivity index (χ1) is 8.99. The number of nitrogens with one attached hydrogen (secondary N) is 1. The van der Waals surface area contributed by atoms with Gasteiger partial charge in [-0.2, -0.15) is 0 Å². The molecular weight excluding hydrogens is 246 g/mol. The van der Waals surface area contributed by atoms with E-state index in [4.69, 9.17) is 10.5 Å². The summed E-state index contributed by atoms with van der Waals surface area (Å²) in [5, 5.41) is 9.86. The monoisotopic (exact) mass is 261 g/mol. The van der Waals surface area contributed by atoms with Crippen LogP contribution in [0.15, 0.2) is 29.3 Å². The Labute approximate surface area is 109 Å². The van der Waals surface area contributed by atoms with Crippen LogP contribution in [0.3, 0.4) is 0 Å². The third kappa shape index (κ3) is 2.67. The number of phenols is 1. The average molecular weight is 261 g/mol. The van der Waals surface area contributed by atoms with Gasteiger partial charge < -0.3 is 20.6 Å². The predicted octanol–water partition coefficient (Wildman–Crippen LogP) is 1.97. The zero-order valence-corrected chi connectivity index (χ0v) is 10.7. The third-order valence-corrected chi connectivity index (χ3v) is 2.69. The molecule has 0 saturated carbocycles. The second kappa shape index (κ2) is 5.01. The van der Waals surface area contributed by atoms with Crippen LogP contribution in [-0.4, -0.2) is 15.1 Å². The molecule has 0 saturated heterocycles. The van der Waals surface area contributed by atoms with E-state index in [2.05, 4.69) is 9.97 Å². The van der Waals surface area contributed by atoms with Crippen LogP contribution < -0.4 is 16.0 Å². The topological polar surface area (TPSA) is 101 Å². The minimum Gasteiger partial charge on any atom is -0.508 e. The van der Waals surface area contributed by atoms with Crippen LogP contribution in [0.1, 0.15) is 25.3 Å². The average Bonchev–Trinajstić information content (AvgIpc) is 2.34. The molecule has 0 aliphatic carbocycles. The zero-order valence-electron chi connectivity index (χ0n) is 10.7. The van der Waals surface area contributed by atoms with E-state index in [-0.39, 0.29) is 23.2 Å². The Morgan fingerprint density at radius 2 is 2.16 bits per heavy atom. The second-order valence-corrected chi connectivity index (χ2v) is 4.43. The summed E-state index contributed by atoms with van der Waals surface area (Å²) >= 11 is 0. The number of phenolic OH excluding ortho intramolecular Hbond substituents is 1. The van der Waals surface area contributed by atoms with E-state index in [1.807, 2.05) is 13.8 Å². The van der Waals surface area contributed by atoms with Crippen molar-refractivity contribution in [3.8, 4) is 17.4 Å². The van der Waals surface area contributed by atoms with Crippen molar-refractivity contribution >= 4 is 5.69 Å². The molecule has 2 aromatic rings. The predicted molar refractivity (Wildman–Crippen MR) is 71.5 cm³/mol. The third-order valence-electron chi connectivity index (χ3n) is 2.69. The Bertz CT molecular complexity index is 650. The molecule has 4 N–H and O–H groups in total. The highest BCUT2D eigenvalue weighted by Gasteiger charge is 2.10. The number of rotatable bonds is 3. The van der Waals surface area contributed by atoms with E-state index >= 15 is 0 Å². The number of aromatic hydroxyl groups is 1. The minimum atomic E-state index is -0.465. The lowest BCUT2D eigenvalue weighted by Crippen LogP contribution is -2.13. The van der Waals surface area contributed by atoms with Gasteiger partial charge in [0, 0.05) is 6.07 Å². The number of aromatic nitrogens is 2. The minimum absolute atomic E-state index is 0.0143. The molecule has 1 heterocycles. The van der Waals surface area contributed by atoms with Crippen molar-refractivity contribution in [2.45, 2.75) is 19.8 Å². The summed E-state index contributed by atoms with van der Waals surface area (Å²) in [6.07, 6.45) is 1.20. The number of ether oxygens (including phenoxy) is 1. The fraction of sp³-hybridized carbons (Fsp3) is 0.231. The Kier molecular flexibility index (Phi) is 3.41. The van der Waals surface area contributed by atoms with Gasteiger partial charge in [0.05, 0.1) is 6.33 Å². The summed E-state index contributed by atoms with van der Waals surface area (Å²) in [5.41, 5.74) is 5.80. The Morgan fingerprint density at radius 3 is 2.79 bits per heavy atom. The van der Waals surface area contributed by atoms with Crippen molar-refractivity contribution in [2.24, 2.45) is 0 Å². The molecule has 0 bridgehead atoms. The van der Waals surface area contributed by atoms with Crippen LogP contribution in [0.25, 0.3) is 0 Å². The van der Waals surface area contributed by atoms with Crippen LogP contribution in [0.2, 0.25) is 0 Å². The van der Waals surface area contributed by atoms with Crippen molar-refractivity contribution in [3.05, 3.63) is 40.4 Å². The summed E-state index contributed by atoms with van der Waals surface area (Å²) in [6, 6.07) is 4.92. The highest BCUT2D eigenvalue weighted by atomic mass is 16.5. The highest BCUT2D eigenvalue weighted by Crippen LogP contribution is 2.31. The van der Waals surface area contributed by atoms with E-state index < -0.39 is 5.56 Å². The molecule has 6 heteroatoms. The number of H-pyrrole nitrogens is 1. The SMILES string of the molecule is CC(C)c1ccc(Oc2nc[nH]c(=O)c2N)cc1O. The van der Waals surface area contributed by atoms with Gasteiger partial charge in [0.25, 0.3) is 5.56 Å². The van der Waals surface area contributed by atoms with E-state index in [0.29, 0.717) is 5.75 Å². The van der Waals surface area contributed by atoms with Gasteiger partial charge in [-0.05, 0) is 17.5 Å². The molecule has 2 rings (SSSR count). The molecule has 6 nitrogen and oxygen atoms in total. The van der Waals surface area contributed by atoms with E-state index in [9.17, 15) is 9.90 Å². The molecule has 0 unspecified atom stereocenters. The highest BCUT2D eigenvalue weighted by molar-refractivity contribution is 5.48. The number of anilines is 1. The first-order valence-corrected chi connectivity index (χ1v) is 5.83. The number of benzene rings is 1. The number of nitrogens with two attached hydrogens (primary N) is 1. The normalized spacial score (nSPS) is 10.7. The van der Waals surface area contributed by atoms with Gasteiger partial charge in [0.1, 0.15) is 11.5 Å². The molecule has 1 aromatic carbocycles. The lowest BCUT2D eigenvalue weighted by atomic mass is 10.0. The van der Waals surface area contributed by atoms with Crippen LogP contribution >= 0.6 is 0 Å². The molecule has 100 valence electrons. The van der Waals surface area contributed by atoms with Gasteiger partial charge >= 0.3 is 0 Å². The molecule has 0 aliphatic rings. The Morgan fingerprint density at radius 1 is 1.42 bits per heavy atom. The van der Waals surface area contributed by atoms with Gasteiger partial charge in [-0.15, -0.1) is 0 Å². The van der Waals surface area contributed by atoms with Crippen LogP contribution in [-0.2, 0) is 0 Å². The maximum absolute atomic E-state index is 11.3. The zero-order chi connectivity index (χ0) is 14.0. The van der Waals surface area contributed by atoms with Gasteiger partial charge in [-0.25, -0.2) is 4.98 Å². The summed E-state index contributed by atoms with van der Waals surface area (Å²) < 4.78 is 5.39. The molecule has 0 atom stereocenters. The van der Waals surface area contributed by atoms with Crippen molar-refractivity contribution < 1.29 is 9.84 Å². The molecular formula is C13H15N3O3. The van der Waals surface area contributed by atoms with E-state index in [1.54, 1.807) is 12.1 Å². The Hall–Kier alpha value is -2.50. The number of nitrogens with zero attached hydrogens (tertiary/aromatic N) is 1. The van der Waals surface area contributed by atoms with Crippen molar-refractivity contribution in [2.75, 3.05) is 5.73 Å². The number of hydrogen-bond donors (Lipinski definition) is 3. The van der Waals surface area contributed by atoms with Gasteiger partial charge in [0.15, 0.2) is 5.69 Å². The van der Waals surface area contributed by atoms with E-state index in [1.165, 1.54) is 12.4 Å². The van der Waals surface area contributed by atoms with Crippen LogP contribution in [0.4, 0.5) is 5.69 Å². The fourth-order valence-electron chi connectivity index (χ4n) is 1.66. The first kappa shape index (κ1) is 12.9. The molecule has 19 heavy (non-hydrogen) atoms. The van der Waals surface area contributed by atoms with Gasteiger partial charge in [-0.1, -0.05) is 19.9 Å². The maximum Gasteiger partial charge on any atom is 0.277 e. The maximum atomic E-state index is 11.3. The quantitative estimate of drug-likeness (QED) is 0.784. The summed E-state index contributed by atoms with van der Waals surface area (Å²) in [6.45, 7) is 3.96. The lowest BCUT2D eigenvalue weighted by Gasteiger charge is -2.11. The van der Waals surface area contributed by atoms with Gasteiger partial charge in [-0.3, -0.25) is 4.79 Å². The smallest absolute Gasteiger partial charge is 0.277 e. The standard InChI is InChI=1S/C13H15N3O3/c1-7(2)9-4-3-8(5-10(9)17)19-13-11(14)12(18)15-6-16-13/h3-7,17H,14H2,1-2H3,(H,15,16,18). The van der Waals surface area contributed by atoms with Crippen LogP contribution in [0.5, 0.6) is 17.4 Å². The molecule has 0 radical (unpaired) electrons. The summed E-state index contributed by atoms with van der Waals surface area (Å²) in [5.74, 6) is 0.722. The summed E-state index contributed by atoms with van der Waals surface area (Å²) in [7, 11) is 0. The Balaban J connectivity index is 2.32. The number of nitrogen functional groups attached to an aromatic ring is 1. The fourth-order valence-corrected chi connectivity index (χ4v) is 1.66. The molecule has 0 amide bonds. The lowest BCUT2D eigenvalue weighted by molar-refractivity contribution is 0.440. The van der Waals surface area contributed by atoms with Crippen molar-refractivity contribution in [1.82, 2.24) is 9.97 Å². The van der Waals surface area contributed by atoms with Crippen molar-refractivity contribution in [3.63, 3.8) is 0 Å². The second-order valence-electron chi connectivity index (χ2n) is 4.43.